The smallest absolute Gasteiger partial charge is 0.370 e. The van der Waals surface area contributed by atoms with Crippen LogP contribution >= 0.6 is 0 Å². The summed E-state index contributed by atoms with van der Waals surface area (Å²) in [6.07, 6.45) is 5.01. The Morgan fingerprint density at radius 3 is 1.94 bits per heavy atom. The van der Waals surface area contributed by atoms with E-state index in [2.05, 4.69) is 0 Å². The molecular weight excluding hydrogens is 232 g/mol. The molecule has 0 aromatic heterocycles. The van der Waals surface area contributed by atoms with Crippen molar-refractivity contribution in [3.05, 3.63) is 10.8 Å². The van der Waals surface area contributed by atoms with E-state index in [1.54, 1.807) is 5.57 Å². The first kappa shape index (κ1) is 13.3. The molecule has 3 nitrogen and oxygen atoms in total. The summed E-state index contributed by atoms with van der Waals surface area (Å²) in [6.45, 7) is 8.10. The second-order valence-electron chi connectivity index (χ2n) is 4.75. The summed E-state index contributed by atoms with van der Waals surface area (Å²) in [6, 6.07) is 0. The zero-order valence-corrected chi connectivity index (χ0v) is 12.3. The van der Waals surface area contributed by atoms with Gasteiger partial charge in [0.15, 0.2) is 0 Å². The minimum absolute atomic E-state index is 0.674. The summed E-state index contributed by atoms with van der Waals surface area (Å²) >= 11 is 0. The third kappa shape index (κ3) is 2.50. The number of hydrogen-bond donors (Lipinski definition) is 0. The molecule has 0 saturated heterocycles. The summed E-state index contributed by atoms with van der Waals surface area (Å²) in [5, 5.41) is 1.42. The highest BCUT2D eigenvalue weighted by molar-refractivity contribution is 6.69. The molecule has 1 saturated carbocycles. The third-order valence-corrected chi connectivity index (χ3v) is 6.98. The van der Waals surface area contributed by atoms with E-state index >= 15 is 0 Å². The van der Waals surface area contributed by atoms with Gasteiger partial charge < -0.3 is 13.3 Å². The SMILES string of the molecule is CCO[Si](OCC)(OCC)C1=C2CC[C@@H](C2)C1. The van der Waals surface area contributed by atoms with Crippen LogP contribution in [0.5, 0.6) is 0 Å². The van der Waals surface area contributed by atoms with Crippen molar-refractivity contribution in [2.45, 2.75) is 46.5 Å². The van der Waals surface area contributed by atoms with Crippen molar-refractivity contribution in [2.24, 2.45) is 5.92 Å². The molecule has 1 atom stereocenters. The number of fused-ring (bicyclic) bond motifs is 2. The van der Waals surface area contributed by atoms with Crippen LogP contribution in [0.1, 0.15) is 46.5 Å². The lowest BCUT2D eigenvalue weighted by Crippen LogP contribution is -2.49. The van der Waals surface area contributed by atoms with Gasteiger partial charge in [-0.3, -0.25) is 0 Å². The lowest BCUT2D eigenvalue weighted by molar-refractivity contribution is 0.0792. The van der Waals surface area contributed by atoms with Crippen LogP contribution in [-0.2, 0) is 13.3 Å². The molecule has 0 unspecified atom stereocenters. The van der Waals surface area contributed by atoms with E-state index in [1.165, 1.54) is 24.5 Å². The minimum Gasteiger partial charge on any atom is -0.370 e. The molecule has 98 valence electrons. The van der Waals surface area contributed by atoms with Crippen molar-refractivity contribution in [1.82, 2.24) is 0 Å². The number of allylic oxidation sites excluding steroid dienone is 2. The molecule has 0 aromatic carbocycles. The van der Waals surface area contributed by atoms with Gasteiger partial charge in [-0.25, -0.2) is 0 Å². The normalized spacial score (nSPS) is 23.8. The lowest BCUT2D eigenvalue weighted by Gasteiger charge is -2.31. The molecule has 2 aliphatic carbocycles. The fourth-order valence-electron chi connectivity index (χ4n) is 3.11. The first-order valence-corrected chi connectivity index (χ1v) is 8.61. The van der Waals surface area contributed by atoms with E-state index in [-0.39, 0.29) is 0 Å². The molecule has 4 heteroatoms. The quantitative estimate of drug-likeness (QED) is 0.655. The second kappa shape index (κ2) is 5.65. The van der Waals surface area contributed by atoms with Gasteiger partial charge in [0.05, 0.1) is 0 Å². The van der Waals surface area contributed by atoms with Crippen molar-refractivity contribution >= 4 is 8.80 Å². The summed E-state index contributed by atoms with van der Waals surface area (Å²) in [5.41, 5.74) is 1.58. The molecular formula is C13H24O3Si. The van der Waals surface area contributed by atoms with E-state index in [0.29, 0.717) is 19.8 Å². The highest BCUT2D eigenvalue weighted by Crippen LogP contribution is 2.47. The van der Waals surface area contributed by atoms with Crippen molar-refractivity contribution < 1.29 is 13.3 Å². The fourth-order valence-corrected chi connectivity index (χ4v) is 6.22. The molecule has 0 aliphatic heterocycles. The van der Waals surface area contributed by atoms with Gasteiger partial charge in [0.2, 0.25) is 0 Å². The van der Waals surface area contributed by atoms with Gasteiger partial charge in [-0.2, -0.15) is 0 Å². The predicted molar refractivity (Wildman–Crippen MR) is 69.6 cm³/mol. The van der Waals surface area contributed by atoms with Crippen LogP contribution in [0.2, 0.25) is 0 Å². The Hall–Kier alpha value is -0.163. The minimum atomic E-state index is -2.54. The van der Waals surface area contributed by atoms with Crippen LogP contribution < -0.4 is 0 Å². The highest BCUT2D eigenvalue weighted by Gasteiger charge is 2.50. The summed E-state index contributed by atoms with van der Waals surface area (Å²) in [5.74, 6) is 0.841. The zero-order valence-electron chi connectivity index (χ0n) is 11.3. The van der Waals surface area contributed by atoms with E-state index < -0.39 is 8.80 Å². The van der Waals surface area contributed by atoms with E-state index in [9.17, 15) is 0 Å². The number of rotatable bonds is 7. The predicted octanol–water partition coefficient (Wildman–Crippen LogP) is 3.07. The van der Waals surface area contributed by atoms with Gasteiger partial charge in [0.1, 0.15) is 0 Å². The van der Waals surface area contributed by atoms with Gasteiger partial charge in [0, 0.05) is 19.8 Å². The van der Waals surface area contributed by atoms with Crippen LogP contribution in [0, 0.1) is 5.92 Å². The molecule has 2 bridgehead atoms. The van der Waals surface area contributed by atoms with Gasteiger partial charge in [0.25, 0.3) is 0 Å². The highest BCUT2D eigenvalue weighted by atomic mass is 28.4. The average Bonchev–Trinajstić information content (AvgIpc) is 2.91. The molecule has 0 radical (unpaired) electrons. The Morgan fingerprint density at radius 1 is 1.00 bits per heavy atom. The second-order valence-corrected chi connectivity index (χ2v) is 7.33. The van der Waals surface area contributed by atoms with Gasteiger partial charge >= 0.3 is 8.80 Å². The van der Waals surface area contributed by atoms with Gasteiger partial charge in [-0.1, -0.05) is 5.57 Å². The molecule has 0 spiro atoms. The Bertz CT molecular complexity index is 284. The summed E-state index contributed by atoms with van der Waals surface area (Å²) in [4.78, 5) is 0. The average molecular weight is 256 g/mol. The van der Waals surface area contributed by atoms with Crippen LogP contribution in [0.3, 0.4) is 0 Å². The molecule has 2 rings (SSSR count). The maximum Gasteiger partial charge on any atom is 0.532 e. The Kier molecular flexibility index (Phi) is 4.41. The van der Waals surface area contributed by atoms with Crippen LogP contribution in [-0.4, -0.2) is 28.6 Å². The van der Waals surface area contributed by atoms with Crippen LogP contribution in [0.4, 0.5) is 0 Å². The molecule has 17 heavy (non-hydrogen) atoms. The zero-order chi connectivity index (χ0) is 12.3. The molecule has 0 heterocycles. The topological polar surface area (TPSA) is 27.7 Å². The monoisotopic (exact) mass is 256 g/mol. The Morgan fingerprint density at radius 2 is 1.59 bits per heavy atom. The number of hydrogen-bond acceptors (Lipinski definition) is 3. The van der Waals surface area contributed by atoms with Crippen LogP contribution in [0.15, 0.2) is 10.8 Å². The van der Waals surface area contributed by atoms with Gasteiger partial charge in [-0.15, -0.1) is 0 Å². The maximum atomic E-state index is 5.98. The summed E-state index contributed by atoms with van der Waals surface area (Å²) < 4.78 is 18.0. The molecule has 0 aromatic rings. The lowest BCUT2D eigenvalue weighted by atomic mass is 10.1. The van der Waals surface area contributed by atoms with Crippen molar-refractivity contribution in [3.63, 3.8) is 0 Å². The van der Waals surface area contributed by atoms with Gasteiger partial charge in [-0.05, 0) is 57.6 Å². The van der Waals surface area contributed by atoms with E-state index in [1.807, 2.05) is 20.8 Å². The standard InChI is InChI=1S/C13H24O3Si/c1-4-14-17(15-5-2,16-6-3)13-10-11-7-8-12(13)9-11/h11H,4-10H2,1-3H3/t11-/m0/s1. The fraction of sp³-hybridized carbons (Fsp3) is 0.846. The molecule has 0 N–H and O–H groups in total. The Balaban J connectivity index is 2.24. The van der Waals surface area contributed by atoms with Crippen LogP contribution in [0.25, 0.3) is 0 Å². The summed E-state index contributed by atoms with van der Waals surface area (Å²) in [7, 11) is -2.54. The molecule has 0 amide bonds. The van der Waals surface area contributed by atoms with Crippen molar-refractivity contribution in [3.8, 4) is 0 Å². The van der Waals surface area contributed by atoms with Crippen molar-refractivity contribution in [1.29, 1.82) is 0 Å². The van der Waals surface area contributed by atoms with Crippen molar-refractivity contribution in [2.75, 3.05) is 19.8 Å². The first-order valence-electron chi connectivity index (χ1n) is 6.89. The molecule has 2 aliphatic rings. The van der Waals surface area contributed by atoms with E-state index in [0.717, 1.165) is 12.3 Å². The maximum absolute atomic E-state index is 5.98. The van der Waals surface area contributed by atoms with E-state index in [4.69, 9.17) is 13.3 Å². The molecule has 1 fully saturated rings. The largest absolute Gasteiger partial charge is 0.532 e. The Labute approximate surface area is 106 Å². The third-order valence-electron chi connectivity index (χ3n) is 3.68. The first-order chi connectivity index (χ1) is 8.25.